The molecule has 3 radical (unpaired) electrons. The molecular formula is C14H12NO2S2. The summed E-state index contributed by atoms with van der Waals surface area (Å²) in [5.41, 5.74) is 2.13. The Balaban J connectivity index is 2.03. The SMILES string of the molecule is [C]Sc1csc(-c2ccc(CCC(=O)OC)cc2)n1. The molecule has 97 valence electrons. The molecule has 1 aromatic carbocycles. The van der Waals surface area contributed by atoms with Crippen LogP contribution in [0.5, 0.6) is 0 Å². The monoisotopic (exact) mass is 290 g/mol. The van der Waals surface area contributed by atoms with Crippen LogP contribution in [0.4, 0.5) is 0 Å². The van der Waals surface area contributed by atoms with E-state index in [1.165, 1.54) is 18.4 Å². The highest BCUT2D eigenvalue weighted by atomic mass is 32.2. The number of rotatable bonds is 5. The van der Waals surface area contributed by atoms with Crippen molar-refractivity contribution in [2.75, 3.05) is 7.11 Å². The van der Waals surface area contributed by atoms with Gasteiger partial charge in [0.05, 0.1) is 13.4 Å². The van der Waals surface area contributed by atoms with Gasteiger partial charge in [0.15, 0.2) is 0 Å². The van der Waals surface area contributed by atoms with E-state index in [9.17, 15) is 4.79 Å². The molecule has 0 spiro atoms. The molecule has 0 amide bonds. The van der Waals surface area contributed by atoms with Crippen molar-refractivity contribution in [2.24, 2.45) is 0 Å². The minimum Gasteiger partial charge on any atom is -0.469 e. The first kappa shape index (κ1) is 14.1. The largest absolute Gasteiger partial charge is 0.469 e. The molecule has 1 aromatic heterocycles. The molecule has 19 heavy (non-hydrogen) atoms. The maximum absolute atomic E-state index is 11.1. The molecule has 0 saturated carbocycles. The van der Waals surface area contributed by atoms with Gasteiger partial charge in [-0.3, -0.25) is 4.79 Å². The number of aryl methyl sites for hydroxylation is 1. The lowest BCUT2D eigenvalue weighted by atomic mass is 10.1. The van der Waals surface area contributed by atoms with Gasteiger partial charge < -0.3 is 4.74 Å². The van der Waals surface area contributed by atoms with E-state index in [1.54, 1.807) is 0 Å². The van der Waals surface area contributed by atoms with Crippen LogP contribution < -0.4 is 0 Å². The zero-order valence-electron chi connectivity index (χ0n) is 10.4. The number of aromatic nitrogens is 1. The van der Waals surface area contributed by atoms with Crippen molar-refractivity contribution in [2.45, 2.75) is 17.9 Å². The Bertz CT molecular complexity index is 549. The quantitative estimate of drug-likeness (QED) is 0.623. The normalized spacial score (nSPS) is 10.4. The van der Waals surface area contributed by atoms with Crippen molar-refractivity contribution in [1.29, 1.82) is 0 Å². The summed E-state index contributed by atoms with van der Waals surface area (Å²) >= 11 is 2.43. The van der Waals surface area contributed by atoms with Crippen LogP contribution >= 0.6 is 23.1 Å². The minimum atomic E-state index is -0.193. The van der Waals surface area contributed by atoms with E-state index in [1.807, 2.05) is 29.6 Å². The van der Waals surface area contributed by atoms with Gasteiger partial charge in [0.1, 0.15) is 10.0 Å². The lowest BCUT2D eigenvalue weighted by Gasteiger charge is -2.02. The van der Waals surface area contributed by atoms with Crippen LogP contribution in [0.3, 0.4) is 0 Å². The second kappa shape index (κ2) is 6.73. The van der Waals surface area contributed by atoms with Crippen molar-refractivity contribution >= 4 is 29.1 Å². The number of thiazole rings is 1. The Morgan fingerprint density at radius 1 is 1.42 bits per heavy atom. The first-order valence-corrected chi connectivity index (χ1v) is 7.38. The topological polar surface area (TPSA) is 39.2 Å². The van der Waals surface area contributed by atoms with Crippen LogP contribution in [-0.2, 0) is 16.0 Å². The molecule has 2 rings (SSSR count). The molecular weight excluding hydrogens is 278 g/mol. The maximum Gasteiger partial charge on any atom is 0.305 e. The average Bonchev–Trinajstić information content (AvgIpc) is 2.94. The summed E-state index contributed by atoms with van der Waals surface area (Å²) in [6.07, 6.45) is 8.26. The second-order valence-corrected chi connectivity index (χ2v) is 5.35. The molecule has 5 heteroatoms. The maximum atomic E-state index is 11.1. The Labute approximate surface area is 121 Å². The second-order valence-electron chi connectivity index (χ2n) is 3.87. The zero-order chi connectivity index (χ0) is 13.7. The number of thioether (sulfide) groups is 1. The molecule has 1 heterocycles. The molecule has 0 aliphatic rings. The van der Waals surface area contributed by atoms with Gasteiger partial charge in [-0.25, -0.2) is 4.98 Å². The number of carbonyl (C=O) groups is 1. The fourth-order valence-electron chi connectivity index (χ4n) is 1.60. The van der Waals surface area contributed by atoms with E-state index < -0.39 is 0 Å². The number of hydrogen-bond donors (Lipinski definition) is 0. The summed E-state index contributed by atoms with van der Waals surface area (Å²) in [6, 6.07) is 7.97. The number of nitrogens with zero attached hydrogens (tertiary/aromatic N) is 1. The van der Waals surface area contributed by atoms with Gasteiger partial charge in [0.25, 0.3) is 0 Å². The molecule has 2 aromatic rings. The third kappa shape index (κ3) is 3.81. The Hall–Kier alpha value is -1.33. The van der Waals surface area contributed by atoms with Gasteiger partial charge in [-0.05, 0) is 12.0 Å². The average molecular weight is 290 g/mol. The zero-order valence-corrected chi connectivity index (χ0v) is 12.0. The van der Waals surface area contributed by atoms with Crippen LogP contribution in [0.2, 0.25) is 0 Å². The van der Waals surface area contributed by atoms with Gasteiger partial charge in [-0.1, -0.05) is 36.0 Å². The molecule has 0 aliphatic carbocycles. The van der Waals surface area contributed by atoms with Crippen molar-refractivity contribution < 1.29 is 9.53 Å². The lowest BCUT2D eigenvalue weighted by Crippen LogP contribution is -2.01. The number of methoxy groups -OCH3 is 1. The third-order valence-corrected chi connectivity index (χ3v) is 4.09. The summed E-state index contributed by atoms with van der Waals surface area (Å²) in [7, 11) is 1.40. The Morgan fingerprint density at radius 3 is 2.74 bits per heavy atom. The lowest BCUT2D eigenvalue weighted by molar-refractivity contribution is -0.140. The smallest absolute Gasteiger partial charge is 0.305 e. The predicted molar refractivity (Wildman–Crippen MR) is 77.0 cm³/mol. The van der Waals surface area contributed by atoms with Gasteiger partial charge in [0.2, 0.25) is 0 Å². The van der Waals surface area contributed by atoms with Crippen molar-refractivity contribution in [1.82, 2.24) is 4.98 Å². The van der Waals surface area contributed by atoms with Crippen LogP contribution in [-0.4, -0.2) is 18.1 Å². The van der Waals surface area contributed by atoms with Crippen LogP contribution in [0.15, 0.2) is 34.7 Å². The van der Waals surface area contributed by atoms with Gasteiger partial charge in [-0.15, -0.1) is 11.3 Å². The summed E-state index contributed by atoms with van der Waals surface area (Å²) in [6.45, 7) is 0. The molecule has 0 N–H and O–H groups in total. The van der Waals surface area contributed by atoms with E-state index in [4.69, 9.17) is 6.26 Å². The highest BCUT2D eigenvalue weighted by Gasteiger charge is 2.05. The molecule has 0 bridgehead atoms. The number of hydrogen-bond acceptors (Lipinski definition) is 5. The molecule has 0 unspecified atom stereocenters. The van der Waals surface area contributed by atoms with Crippen molar-refractivity contribution in [3.8, 4) is 10.6 Å². The summed E-state index contributed by atoms with van der Waals surface area (Å²) < 4.78 is 4.61. The van der Waals surface area contributed by atoms with Crippen molar-refractivity contribution in [3.05, 3.63) is 41.5 Å². The minimum absolute atomic E-state index is 0.193. The number of esters is 1. The van der Waals surface area contributed by atoms with Crippen LogP contribution in [0, 0.1) is 6.26 Å². The molecule has 0 aliphatic heterocycles. The van der Waals surface area contributed by atoms with Gasteiger partial charge in [0, 0.05) is 17.4 Å². The fraction of sp³-hybridized carbons (Fsp3) is 0.214. The molecule has 3 nitrogen and oxygen atoms in total. The highest BCUT2D eigenvalue weighted by Crippen LogP contribution is 2.28. The first-order chi connectivity index (χ1) is 9.22. The van der Waals surface area contributed by atoms with E-state index in [-0.39, 0.29) is 5.97 Å². The number of carbonyl (C=O) groups excluding carboxylic acids is 1. The standard InChI is InChI=1S/C14H12NO2S2/c1-17-13(16)8-5-10-3-6-11(7-4-10)14-15-12(18-2)9-19-14/h3-4,6-7,9H,5,8H2,1H3. The Morgan fingerprint density at radius 2 is 2.16 bits per heavy atom. The van der Waals surface area contributed by atoms with Gasteiger partial charge >= 0.3 is 5.97 Å². The number of ether oxygens (including phenoxy) is 1. The predicted octanol–water partition coefficient (Wildman–Crippen LogP) is 3.55. The van der Waals surface area contributed by atoms with Crippen LogP contribution in [0.1, 0.15) is 12.0 Å². The first-order valence-electron chi connectivity index (χ1n) is 5.68. The molecule has 0 saturated heterocycles. The van der Waals surface area contributed by atoms with E-state index in [0.717, 1.165) is 32.9 Å². The van der Waals surface area contributed by atoms with Gasteiger partial charge in [-0.2, -0.15) is 0 Å². The van der Waals surface area contributed by atoms with Crippen molar-refractivity contribution in [3.63, 3.8) is 0 Å². The summed E-state index contributed by atoms with van der Waals surface area (Å²) in [5, 5.41) is 3.50. The highest BCUT2D eigenvalue weighted by molar-refractivity contribution is 8.00. The number of benzene rings is 1. The fourth-order valence-corrected chi connectivity index (χ4v) is 2.82. The van der Waals surface area contributed by atoms with E-state index in [0.29, 0.717) is 12.8 Å². The summed E-state index contributed by atoms with van der Waals surface area (Å²) in [4.78, 5) is 15.4. The Kier molecular flexibility index (Phi) is 4.99. The third-order valence-electron chi connectivity index (χ3n) is 2.63. The van der Waals surface area contributed by atoms with E-state index >= 15 is 0 Å². The summed E-state index contributed by atoms with van der Waals surface area (Å²) in [5.74, 6) is -0.193. The molecule has 0 atom stereocenters. The van der Waals surface area contributed by atoms with Crippen LogP contribution in [0.25, 0.3) is 10.6 Å². The molecule has 0 fully saturated rings. The van der Waals surface area contributed by atoms with E-state index in [2.05, 4.69) is 9.72 Å².